The van der Waals surface area contributed by atoms with E-state index in [1.807, 2.05) is 56.3 Å². The second-order valence-electron chi connectivity index (χ2n) is 5.86. The van der Waals surface area contributed by atoms with Gasteiger partial charge in [0.05, 0.1) is 24.7 Å². The first-order valence-electron chi connectivity index (χ1n) is 7.76. The molecule has 0 saturated heterocycles. The van der Waals surface area contributed by atoms with E-state index in [1.165, 1.54) is 0 Å². The fourth-order valence-electron chi connectivity index (χ4n) is 3.01. The number of rotatable bonds is 4. The highest BCUT2D eigenvalue weighted by Crippen LogP contribution is 2.35. The van der Waals surface area contributed by atoms with E-state index in [4.69, 9.17) is 9.72 Å². The van der Waals surface area contributed by atoms with E-state index in [2.05, 4.69) is 0 Å². The lowest BCUT2D eigenvalue weighted by Gasteiger charge is -2.16. The van der Waals surface area contributed by atoms with E-state index in [0.717, 1.165) is 33.2 Å². The van der Waals surface area contributed by atoms with Crippen molar-refractivity contribution in [2.24, 2.45) is 0 Å². The molecular formula is C20H20ClNO3. The molecule has 0 bridgehead atoms. The number of fused-ring (bicyclic) bond motifs is 1. The molecule has 1 N–H and O–H groups in total. The van der Waals surface area contributed by atoms with Crippen molar-refractivity contribution < 1.29 is 14.6 Å². The Kier molecular flexibility index (Phi) is 5.65. The fourth-order valence-corrected chi connectivity index (χ4v) is 3.01. The van der Waals surface area contributed by atoms with Crippen molar-refractivity contribution in [3.05, 3.63) is 59.2 Å². The van der Waals surface area contributed by atoms with Crippen molar-refractivity contribution in [2.45, 2.75) is 20.3 Å². The summed E-state index contributed by atoms with van der Waals surface area (Å²) >= 11 is 0. The summed E-state index contributed by atoms with van der Waals surface area (Å²) in [7, 11) is 1.61. The van der Waals surface area contributed by atoms with Gasteiger partial charge < -0.3 is 9.84 Å². The second-order valence-corrected chi connectivity index (χ2v) is 5.86. The molecule has 0 aliphatic rings. The lowest BCUT2D eigenvalue weighted by Crippen LogP contribution is -2.07. The minimum atomic E-state index is -0.872. The van der Waals surface area contributed by atoms with Crippen LogP contribution in [0.4, 0.5) is 0 Å². The maximum Gasteiger partial charge on any atom is 0.307 e. The molecule has 0 fully saturated rings. The number of halogens is 1. The third-order valence-corrected chi connectivity index (χ3v) is 4.22. The molecule has 1 heterocycles. The van der Waals surface area contributed by atoms with Gasteiger partial charge in [0.2, 0.25) is 0 Å². The summed E-state index contributed by atoms with van der Waals surface area (Å²) in [5, 5.41) is 10.3. The third-order valence-electron chi connectivity index (χ3n) is 4.22. The maximum atomic E-state index is 11.4. The van der Waals surface area contributed by atoms with Crippen LogP contribution in [0.2, 0.25) is 0 Å². The number of aliphatic carboxylic acids is 1. The number of aryl methyl sites for hydroxylation is 2. The Morgan fingerprint density at radius 1 is 1.16 bits per heavy atom. The number of benzene rings is 2. The minimum absolute atomic E-state index is 0. The molecule has 0 unspecified atom stereocenters. The number of hydrogen-bond donors (Lipinski definition) is 1. The van der Waals surface area contributed by atoms with Gasteiger partial charge in [0.25, 0.3) is 0 Å². The Hall–Kier alpha value is -2.59. The van der Waals surface area contributed by atoms with Crippen molar-refractivity contribution in [2.75, 3.05) is 7.11 Å². The van der Waals surface area contributed by atoms with Crippen LogP contribution in [0.1, 0.15) is 16.7 Å². The standard InChI is InChI=1S/C20H19NO3.ClH/c1-12-8-9-18(24-3)16(10-12)20-15(11-19(22)23)13(2)14-6-4-5-7-17(14)21-20;/h4-10H,11H2,1-3H3,(H,22,23);1H. The SMILES string of the molecule is COc1ccc(C)cc1-c1nc2ccccc2c(C)c1CC(=O)O.Cl. The van der Waals surface area contributed by atoms with Crippen LogP contribution in [0, 0.1) is 13.8 Å². The van der Waals surface area contributed by atoms with Gasteiger partial charge in [-0.1, -0.05) is 29.8 Å². The molecule has 1 aromatic heterocycles. The fraction of sp³-hybridized carbons (Fsp3) is 0.200. The van der Waals surface area contributed by atoms with Crippen molar-refractivity contribution in [3.63, 3.8) is 0 Å². The highest BCUT2D eigenvalue weighted by atomic mass is 35.5. The van der Waals surface area contributed by atoms with Crippen LogP contribution >= 0.6 is 12.4 Å². The van der Waals surface area contributed by atoms with Crippen molar-refractivity contribution in [1.29, 1.82) is 0 Å². The number of pyridine rings is 1. The van der Waals surface area contributed by atoms with Crippen LogP contribution in [0.25, 0.3) is 22.2 Å². The quantitative estimate of drug-likeness (QED) is 0.742. The number of hydrogen-bond acceptors (Lipinski definition) is 3. The smallest absolute Gasteiger partial charge is 0.307 e. The number of methoxy groups -OCH3 is 1. The Morgan fingerprint density at radius 3 is 2.56 bits per heavy atom. The van der Waals surface area contributed by atoms with Crippen LogP contribution in [0.5, 0.6) is 5.75 Å². The number of carbonyl (C=O) groups is 1. The van der Waals surface area contributed by atoms with E-state index < -0.39 is 5.97 Å². The number of aromatic nitrogens is 1. The van der Waals surface area contributed by atoms with E-state index in [1.54, 1.807) is 7.11 Å². The average Bonchev–Trinajstić information content (AvgIpc) is 2.57. The third kappa shape index (κ3) is 3.59. The van der Waals surface area contributed by atoms with Gasteiger partial charge in [-0.2, -0.15) is 0 Å². The van der Waals surface area contributed by atoms with E-state index in [9.17, 15) is 9.90 Å². The van der Waals surface area contributed by atoms with Crippen LogP contribution in [0.15, 0.2) is 42.5 Å². The highest BCUT2D eigenvalue weighted by Gasteiger charge is 2.19. The second kappa shape index (κ2) is 7.53. The van der Waals surface area contributed by atoms with Crippen molar-refractivity contribution >= 4 is 29.3 Å². The van der Waals surface area contributed by atoms with Crippen LogP contribution < -0.4 is 4.74 Å². The molecule has 0 atom stereocenters. The monoisotopic (exact) mass is 357 g/mol. The van der Waals surface area contributed by atoms with Gasteiger partial charge in [0, 0.05) is 10.9 Å². The van der Waals surface area contributed by atoms with E-state index in [-0.39, 0.29) is 18.8 Å². The molecule has 4 nitrogen and oxygen atoms in total. The molecule has 0 radical (unpaired) electrons. The first kappa shape index (κ1) is 18.7. The molecule has 0 aliphatic carbocycles. The van der Waals surface area contributed by atoms with E-state index in [0.29, 0.717) is 11.4 Å². The maximum absolute atomic E-state index is 11.4. The molecular weight excluding hydrogens is 338 g/mol. The topological polar surface area (TPSA) is 59.4 Å². The minimum Gasteiger partial charge on any atom is -0.496 e. The summed E-state index contributed by atoms with van der Waals surface area (Å²) in [5.41, 5.74) is 5.09. The predicted octanol–water partition coefficient (Wildman–Crippen LogP) is 4.58. The molecule has 2 aromatic carbocycles. The molecule has 0 aliphatic heterocycles. The summed E-state index contributed by atoms with van der Waals surface area (Å²) in [4.78, 5) is 16.2. The first-order chi connectivity index (χ1) is 11.5. The van der Waals surface area contributed by atoms with Gasteiger partial charge in [-0.15, -0.1) is 12.4 Å². The zero-order valence-electron chi connectivity index (χ0n) is 14.4. The van der Waals surface area contributed by atoms with Gasteiger partial charge in [-0.25, -0.2) is 4.98 Å². The van der Waals surface area contributed by atoms with Crippen LogP contribution in [-0.4, -0.2) is 23.2 Å². The van der Waals surface area contributed by atoms with Gasteiger partial charge >= 0.3 is 5.97 Å². The van der Waals surface area contributed by atoms with Crippen molar-refractivity contribution in [3.8, 4) is 17.0 Å². The van der Waals surface area contributed by atoms with E-state index >= 15 is 0 Å². The summed E-state index contributed by atoms with van der Waals surface area (Å²) in [6.07, 6.45) is -0.0733. The number of para-hydroxylation sites is 1. The van der Waals surface area contributed by atoms with Crippen LogP contribution in [-0.2, 0) is 11.2 Å². The molecule has 0 saturated carbocycles. The predicted molar refractivity (Wildman–Crippen MR) is 102 cm³/mol. The van der Waals surface area contributed by atoms with Crippen LogP contribution in [0.3, 0.4) is 0 Å². The zero-order chi connectivity index (χ0) is 17.3. The molecule has 5 heteroatoms. The number of ether oxygens (including phenoxy) is 1. The largest absolute Gasteiger partial charge is 0.496 e. The number of carboxylic acids is 1. The average molecular weight is 358 g/mol. The van der Waals surface area contributed by atoms with Gasteiger partial charge in [0.1, 0.15) is 5.75 Å². The zero-order valence-corrected chi connectivity index (χ0v) is 15.2. The normalized spacial score (nSPS) is 10.4. The number of carboxylic acid groups (broad SMARTS) is 1. The lowest BCUT2D eigenvalue weighted by atomic mass is 9.94. The van der Waals surface area contributed by atoms with Gasteiger partial charge in [-0.05, 0) is 43.2 Å². The molecule has 3 rings (SSSR count). The Bertz CT molecular complexity index is 938. The Balaban J connectivity index is 0.00000225. The summed E-state index contributed by atoms with van der Waals surface area (Å²) in [6, 6.07) is 13.6. The Labute approximate surface area is 152 Å². The summed E-state index contributed by atoms with van der Waals surface area (Å²) in [6.45, 7) is 3.95. The van der Waals surface area contributed by atoms with Gasteiger partial charge in [-0.3, -0.25) is 4.79 Å². The summed E-state index contributed by atoms with van der Waals surface area (Å²) < 4.78 is 5.48. The lowest BCUT2D eigenvalue weighted by molar-refractivity contribution is -0.136. The number of nitrogens with zero attached hydrogens (tertiary/aromatic N) is 1. The first-order valence-corrected chi connectivity index (χ1v) is 7.76. The molecule has 0 spiro atoms. The Morgan fingerprint density at radius 2 is 1.88 bits per heavy atom. The molecule has 25 heavy (non-hydrogen) atoms. The van der Waals surface area contributed by atoms with Crippen molar-refractivity contribution in [1.82, 2.24) is 4.98 Å². The van der Waals surface area contributed by atoms with Gasteiger partial charge in [0.15, 0.2) is 0 Å². The molecule has 130 valence electrons. The summed E-state index contributed by atoms with van der Waals surface area (Å²) in [5.74, 6) is -0.183. The molecule has 3 aromatic rings. The molecule has 0 amide bonds. The highest BCUT2D eigenvalue weighted by molar-refractivity contribution is 5.90.